The maximum absolute atomic E-state index is 12.5. The molecule has 0 amide bonds. The molecule has 0 heterocycles. The van der Waals surface area contributed by atoms with Crippen LogP contribution in [0.1, 0.15) is 16.7 Å². The first-order chi connectivity index (χ1) is 9.72. The first-order valence-electron chi connectivity index (χ1n) is 6.27. The largest absolute Gasteiger partial charge is 0.279 e. The van der Waals surface area contributed by atoms with E-state index >= 15 is 0 Å². The van der Waals surface area contributed by atoms with Crippen molar-refractivity contribution < 1.29 is 8.42 Å². The second kappa shape index (κ2) is 5.87. The van der Waals surface area contributed by atoms with Crippen molar-refractivity contribution in [3.63, 3.8) is 0 Å². The van der Waals surface area contributed by atoms with Crippen molar-refractivity contribution in [2.45, 2.75) is 25.7 Å². The van der Waals surface area contributed by atoms with Crippen LogP contribution in [0, 0.1) is 20.8 Å². The SMILES string of the molecule is Cc1cc(Cl)c(Cl)cc1S(=O)(=O)Nc1cccc(C)c1C. The molecule has 0 saturated carbocycles. The van der Waals surface area contributed by atoms with E-state index in [0.29, 0.717) is 16.3 Å². The number of hydrogen-bond acceptors (Lipinski definition) is 2. The van der Waals surface area contributed by atoms with Gasteiger partial charge in [-0.1, -0.05) is 35.3 Å². The van der Waals surface area contributed by atoms with Crippen molar-refractivity contribution in [1.29, 1.82) is 0 Å². The standard InChI is InChI=1S/C15H15Cl2NO2S/c1-9-5-4-6-14(11(9)3)18-21(19,20)15-8-13(17)12(16)7-10(15)2/h4-8,18H,1-3H3. The van der Waals surface area contributed by atoms with Gasteiger partial charge in [0.25, 0.3) is 10.0 Å². The van der Waals surface area contributed by atoms with Crippen molar-refractivity contribution >= 4 is 38.9 Å². The lowest BCUT2D eigenvalue weighted by Gasteiger charge is -2.14. The molecule has 0 bridgehead atoms. The van der Waals surface area contributed by atoms with Gasteiger partial charge in [0.1, 0.15) is 0 Å². The number of nitrogens with one attached hydrogen (secondary N) is 1. The highest BCUT2D eigenvalue weighted by molar-refractivity contribution is 7.92. The summed E-state index contributed by atoms with van der Waals surface area (Å²) in [6, 6.07) is 8.38. The second-order valence-electron chi connectivity index (χ2n) is 4.88. The summed E-state index contributed by atoms with van der Waals surface area (Å²) in [5, 5.41) is 0.545. The van der Waals surface area contributed by atoms with Crippen molar-refractivity contribution in [2.24, 2.45) is 0 Å². The van der Waals surface area contributed by atoms with Gasteiger partial charge in [0, 0.05) is 0 Å². The molecule has 21 heavy (non-hydrogen) atoms. The molecule has 2 aromatic rings. The zero-order valence-electron chi connectivity index (χ0n) is 11.9. The van der Waals surface area contributed by atoms with Gasteiger partial charge >= 0.3 is 0 Å². The lowest BCUT2D eigenvalue weighted by Crippen LogP contribution is -2.15. The predicted octanol–water partition coefficient (Wildman–Crippen LogP) is 4.72. The van der Waals surface area contributed by atoms with Crippen molar-refractivity contribution in [3.05, 3.63) is 57.1 Å². The topological polar surface area (TPSA) is 46.2 Å². The molecule has 0 spiro atoms. The van der Waals surface area contributed by atoms with E-state index in [0.717, 1.165) is 11.1 Å². The number of benzene rings is 2. The Morgan fingerprint density at radius 2 is 1.57 bits per heavy atom. The van der Waals surface area contributed by atoms with Crippen LogP contribution in [-0.2, 0) is 10.0 Å². The maximum Gasteiger partial charge on any atom is 0.262 e. The van der Waals surface area contributed by atoms with Crippen LogP contribution in [0.15, 0.2) is 35.2 Å². The van der Waals surface area contributed by atoms with Crippen molar-refractivity contribution in [2.75, 3.05) is 4.72 Å². The summed E-state index contributed by atoms with van der Waals surface area (Å²) in [6.07, 6.45) is 0. The van der Waals surface area contributed by atoms with Crippen molar-refractivity contribution in [1.82, 2.24) is 0 Å². The fraction of sp³-hybridized carbons (Fsp3) is 0.200. The fourth-order valence-electron chi connectivity index (χ4n) is 1.98. The molecule has 0 fully saturated rings. The zero-order valence-corrected chi connectivity index (χ0v) is 14.2. The van der Waals surface area contributed by atoms with Crippen LogP contribution in [0.3, 0.4) is 0 Å². The molecule has 112 valence electrons. The van der Waals surface area contributed by atoms with E-state index in [9.17, 15) is 8.42 Å². The molecule has 0 atom stereocenters. The van der Waals surface area contributed by atoms with Crippen molar-refractivity contribution in [3.8, 4) is 0 Å². The highest BCUT2D eigenvalue weighted by Crippen LogP contribution is 2.30. The van der Waals surface area contributed by atoms with Gasteiger partial charge in [-0.2, -0.15) is 0 Å². The quantitative estimate of drug-likeness (QED) is 0.876. The Kier molecular flexibility index (Phi) is 4.51. The Morgan fingerprint density at radius 1 is 0.952 bits per heavy atom. The molecule has 0 radical (unpaired) electrons. The minimum absolute atomic E-state index is 0.123. The number of halogens is 2. The van der Waals surface area contributed by atoms with E-state index in [-0.39, 0.29) is 9.92 Å². The molecule has 6 heteroatoms. The van der Waals surface area contributed by atoms with E-state index in [2.05, 4.69) is 4.72 Å². The van der Waals surface area contributed by atoms with Gasteiger partial charge in [-0.3, -0.25) is 4.72 Å². The number of rotatable bonds is 3. The molecule has 3 nitrogen and oxygen atoms in total. The molecule has 0 aliphatic heterocycles. The highest BCUT2D eigenvalue weighted by atomic mass is 35.5. The fourth-order valence-corrected chi connectivity index (χ4v) is 3.80. The number of hydrogen-bond donors (Lipinski definition) is 1. The molecule has 2 rings (SSSR count). The molecular weight excluding hydrogens is 329 g/mol. The van der Waals surface area contributed by atoms with E-state index in [1.165, 1.54) is 6.07 Å². The van der Waals surface area contributed by atoms with E-state index in [1.807, 2.05) is 26.0 Å². The summed E-state index contributed by atoms with van der Waals surface area (Å²) in [5.41, 5.74) is 3.00. The molecule has 2 aromatic carbocycles. The van der Waals surface area contributed by atoms with Gasteiger partial charge in [-0.15, -0.1) is 0 Å². The lowest BCUT2D eigenvalue weighted by molar-refractivity contribution is 0.600. The normalized spacial score (nSPS) is 11.5. The van der Waals surface area contributed by atoms with E-state index in [1.54, 1.807) is 19.1 Å². The minimum Gasteiger partial charge on any atom is -0.279 e. The van der Waals surface area contributed by atoms with Crippen LogP contribution in [0.25, 0.3) is 0 Å². The molecule has 0 aliphatic rings. The highest BCUT2D eigenvalue weighted by Gasteiger charge is 2.19. The third kappa shape index (κ3) is 3.34. The molecule has 0 saturated heterocycles. The minimum atomic E-state index is -3.72. The van der Waals surface area contributed by atoms with Crippen LogP contribution in [0.2, 0.25) is 10.0 Å². The Bertz CT molecular complexity index is 802. The average molecular weight is 344 g/mol. The smallest absolute Gasteiger partial charge is 0.262 e. The Labute approximate surface area is 135 Å². The maximum atomic E-state index is 12.5. The summed E-state index contributed by atoms with van der Waals surface area (Å²) < 4.78 is 27.7. The molecule has 1 N–H and O–H groups in total. The summed E-state index contributed by atoms with van der Waals surface area (Å²) in [7, 11) is -3.72. The first-order valence-corrected chi connectivity index (χ1v) is 8.51. The third-order valence-corrected chi connectivity index (χ3v) is 5.59. The third-order valence-electron chi connectivity index (χ3n) is 3.36. The predicted molar refractivity (Wildman–Crippen MR) is 87.9 cm³/mol. The lowest BCUT2D eigenvalue weighted by atomic mass is 10.1. The van der Waals surface area contributed by atoms with Crippen LogP contribution in [-0.4, -0.2) is 8.42 Å². The average Bonchev–Trinajstić information content (AvgIpc) is 2.39. The molecule has 0 aliphatic carbocycles. The Hall–Kier alpha value is -1.23. The van der Waals surface area contributed by atoms with Crippen LogP contribution in [0.4, 0.5) is 5.69 Å². The summed E-state index contributed by atoms with van der Waals surface area (Å²) in [6.45, 7) is 5.48. The van der Waals surface area contributed by atoms with Crippen LogP contribution in [0.5, 0.6) is 0 Å². The summed E-state index contributed by atoms with van der Waals surface area (Å²) >= 11 is 11.8. The van der Waals surface area contributed by atoms with Gasteiger partial charge in [-0.05, 0) is 55.7 Å². The number of aryl methyl sites for hydroxylation is 2. The molecule has 0 unspecified atom stereocenters. The Morgan fingerprint density at radius 3 is 2.24 bits per heavy atom. The molecular formula is C15H15Cl2NO2S. The van der Waals surface area contributed by atoms with Gasteiger partial charge < -0.3 is 0 Å². The number of anilines is 1. The summed E-state index contributed by atoms with van der Waals surface area (Å²) in [4.78, 5) is 0.123. The summed E-state index contributed by atoms with van der Waals surface area (Å²) in [5.74, 6) is 0. The number of sulfonamides is 1. The van der Waals surface area contributed by atoms with Gasteiger partial charge in [-0.25, -0.2) is 8.42 Å². The van der Waals surface area contributed by atoms with Crippen LogP contribution >= 0.6 is 23.2 Å². The molecule has 0 aromatic heterocycles. The first kappa shape index (κ1) is 16.1. The Balaban J connectivity index is 2.48. The van der Waals surface area contributed by atoms with Gasteiger partial charge in [0.05, 0.1) is 20.6 Å². The van der Waals surface area contributed by atoms with E-state index < -0.39 is 10.0 Å². The zero-order chi connectivity index (χ0) is 15.8. The van der Waals surface area contributed by atoms with Gasteiger partial charge in [0.2, 0.25) is 0 Å². The second-order valence-corrected chi connectivity index (χ2v) is 7.35. The monoisotopic (exact) mass is 343 g/mol. The van der Waals surface area contributed by atoms with Gasteiger partial charge in [0.15, 0.2) is 0 Å². The van der Waals surface area contributed by atoms with E-state index in [4.69, 9.17) is 23.2 Å². The van der Waals surface area contributed by atoms with Crippen LogP contribution < -0.4 is 4.72 Å².